The molecule has 0 saturated heterocycles. The van der Waals surface area contributed by atoms with Gasteiger partial charge < -0.3 is 4.43 Å². The van der Waals surface area contributed by atoms with Crippen molar-refractivity contribution < 1.29 is 4.43 Å². The van der Waals surface area contributed by atoms with Gasteiger partial charge in [0, 0.05) is 4.90 Å². The van der Waals surface area contributed by atoms with Crippen molar-refractivity contribution >= 4 is 20.1 Å². The van der Waals surface area contributed by atoms with Gasteiger partial charge in [-0.15, -0.1) is 0 Å². The van der Waals surface area contributed by atoms with Crippen LogP contribution in [0.3, 0.4) is 0 Å². The third-order valence-corrected chi connectivity index (χ3v) is 9.27. The molecule has 1 aromatic rings. The lowest BCUT2D eigenvalue weighted by Crippen LogP contribution is -2.42. The number of aryl methyl sites for hydroxylation is 1. The average molecular weight is 309 g/mol. The van der Waals surface area contributed by atoms with E-state index >= 15 is 0 Å². The molecule has 0 saturated carbocycles. The van der Waals surface area contributed by atoms with Crippen molar-refractivity contribution in [1.82, 2.24) is 0 Å². The third-order valence-electron chi connectivity index (χ3n) is 3.86. The lowest BCUT2D eigenvalue weighted by Gasteiger charge is -2.37. The summed E-state index contributed by atoms with van der Waals surface area (Å²) in [6.45, 7) is 15.7. The Bertz CT molecular complexity index is 443. The van der Waals surface area contributed by atoms with E-state index in [2.05, 4.69) is 83.5 Å². The van der Waals surface area contributed by atoms with E-state index in [4.69, 9.17) is 4.43 Å². The van der Waals surface area contributed by atoms with E-state index < -0.39 is 8.32 Å². The number of hydrogen-bond donors (Lipinski definition) is 0. The topological polar surface area (TPSA) is 9.23 Å². The zero-order valence-corrected chi connectivity index (χ0v) is 15.7. The molecule has 0 aliphatic heterocycles. The quantitative estimate of drug-likeness (QED) is 0.486. The van der Waals surface area contributed by atoms with E-state index in [1.54, 1.807) is 11.8 Å². The van der Waals surface area contributed by atoms with Crippen molar-refractivity contribution in [1.29, 1.82) is 0 Å². The first-order valence-electron chi connectivity index (χ1n) is 7.20. The Morgan fingerprint density at radius 1 is 1.15 bits per heavy atom. The highest BCUT2D eigenvalue weighted by molar-refractivity contribution is 8.02. The zero-order chi connectivity index (χ0) is 15.4. The van der Waals surface area contributed by atoms with Crippen molar-refractivity contribution in [2.75, 3.05) is 0 Å². The Kier molecular flexibility index (Phi) is 6.11. The van der Waals surface area contributed by atoms with Gasteiger partial charge in [-0.1, -0.05) is 56.3 Å². The Morgan fingerprint density at radius 3 is 2.20 bits per heavy atom. The summed E-state index contributed by atoms with van der Waals surface area (Å²) < 4.78 is 6.30. The minimum atomic E-state index is -1.67. The summed E-state index contributed by atoms with van der Waals surface area (Å²) in [5.74, 6) is 0. The molecule has 3 heteroatoms. The van der Waals surface area contributed by atoms with E-state index in [9.17, 15) is 0 Å². The van der Waals surface area contributed by atoms with Crippen LogP contribution in [0.2, 0.25) is 18.1 Å². The van der Waals surface area contributed by atoms with E-state index in [1.165, 1.54) is 10.5 Å². The second-order valence-electron chi connectivity index (χ2n) is 6.84. The van der Waals surface area contributed by atoms with Crippen LogP contribution < -0.4 is 0 Å². The highest BCUT2D eigenvalue weighted by atomic mass is 32.2. The summed E-state index contributed by atoms with van der Waals surface area (Å²) in [5.41, 5.74) is 1.30. The summed E-state index contributed by atoms with van der Waals surface area (Å²) in [5, 5.41) is 2.40. The van der Waals surface area contributed by atoms with Crippen LogP contribution in [0.15, 0.2) is 40.6 Å². The highest BCUT2D eigenvalue weighted by Gasteiger charge is 2.37. The number of hydrogen-bond acceptors (Lipinski definition) is 2. The van der Waals surface area contributed by atoms with E-state index in [1.807, 2.05) is 0 Å². The van der Waals surface area contributed by atoms with E-state index in [0.717, 1.165) is 0 Å². The second-order valence-corrected chi connectivity index (χ2v) is 12.6. The molecule has 0 heterocycles. The third kappa shape index (κ3) is 5.47. The number of thioether (sulfide) groups is 1. The normalized spacial score (nSPS) is 14.8. The first-order valence-corrected chi connectivity index (χ1v) is 11.0. The maximum atomic E-state index is 6.30. The van der Waals surface area contributed by atoms with Crippen molar-refractivity contribution in [2.45, 2.75) is 63.8 Å². The second kappa shape index (κ2) is 6.97. The Labute approximate surface area is 129 Å². The Morgan fingerprint density at radius 2 is 1.70 bits per heavy atom. The summed E-state index contributed by atoms with van der Waals surface area (Å²) in [6.07, 6.45) is 2.33. The monoisotopic (exact) mass is 308 g/mol. The van der Waals surface area contributed by atoms with Crippen LogP contribution in [-0.2, 0) is 4.43 Å². The fourth-order valence-electron chi connectivity index (χ4n) is 1.53. The van der Waals surface area contributed by atoms with Crippen molar-refractivity contribution in [3.05, 3.63) is 41.3 Å². The molecule has 0 aliphatic carbocycles. The molecule has 0 fully saturated rings. The van der Waals surface area contributed by atoms with Crippen LogP contribution in [0.1, 0.15) is 33.3 Å². The van der Waals surface area contributed by atoms with Crippen molar-refractivity contribution in [3.8, 4) is 0 Å². The Hall–Kier alpha value is -0.513. The van der Waals surface area contributed by atoms with Gasteiger partial charge in [-0.3, -0.25) is 0 Å². The lowest BCUT2D eigenvalue weighted by molar-refractivity contribution is 0.243. The zero-order valence-electron chi connectivity index (χ0n) is 13.9. The SMILES string of the molecule is Cc1ccc(SC=C[C@@H](C)O[Si](C)(C)C(C)(C)C)cc1. The largest absolute Gasteiger partial charge is 0.411 e. The predicted molar refractivity (Wildman–Crippen MR) is 93.9 cm³/mol. The molecule has 1 atom stereocenters. The van der Waals surface area contributed by atoms with Crippen LogP contribution in [-0.4, -0.2) is 14.4 Å². The summed E-state index contributed by atoms with van der Waals surface area (Å²) in [7, 11) is -1.67. The average Bonchev–Trinajstić information content (AvgIpc) is 2.29. The van der Waals surface area contributed by atoms with Gasteiger partial charge in [-0.05, 0) is 49.5 Å². The molecular weight excluding hydrogens is 280 g/mol. The molecule has 0 aromatic heterocycles. The first-order chi connectivity index (χ1) is 9.12. The maximum absolute atomic E-state index is 6.30. The summed E-state index contributed by atoms with van der Waals surface area (Å²) >= 11 is 1.75. The minimum absolute atomic E-state index is 0.175. The molecule has 0 radical (unpaired) electrons. The van der Waals surface area contributed by atoms with Gasteiger partial charge in [0.05, 0.1) is 6.10 Å². The fraction of sp³-hybridized carbons (Fsp3) is 0.529. The minimum Gasteiger partial charge on any atom is -0.411 e. The van der Waals surface area contributed by atoms with Crippen molar-refractivity contribution in [2.24, 2.45) is 0 Å². The number of rotatable bonds is 5. The predicted octanol–water partition coefficient (Wildman–Crippen LogP) is 6.01. The lowest BCUT2D eigenvalue weighted by atomic mass is 10.2. The smallest absolute Gasteiger partial charge is 0.192 e. The van der Waals surface area contributed by atoms with Crippen LogP contribution >= 0.6 is 11.8 Å². The van der Waals surface area contributed by atoms with Gasteiger partial charge in [0.2, 0.25) is 0 Å². The van der Waals surface area contributed by atoms with Gasteiger partial charge >= 0.3 is 0 Å². The van der Waals surface area contributed by atoms with Gasteiger partial charge in [-0.2, -0.15) is 0 Å². The van der Waals surface area contributed by atoms with Gasteiger partial charge in [0.25, 0.3) is 0 Å². The molecule has 1 rings (SSSR count). The molecule has 0 N–H and O–H groups in total. The number of benzene rings is 1. The van der Waals surface area contributed by atoms with Crippen molar-refractivity contribution in [3.63, 3.8) is 0 Å². The fourth-order valence-corrected chi connectivity index (χ4v) is 3.64. The molecule has 20 heavy (non-hydrogen) atoms. The highest BCUT2D eigenvalue weighted by Crippen LogP contribution is 2.37. The van der Waals surface area contributed by atoms with Gasteiger partial charge in [0.1, 0.15) is 0 Å². The molecule has 1 nitrogen and oxygen atoms in total. The van der Waals surface area contributed by atoms with E-state index in [-0.39, 0.29) is 11.1 Å². The van der Waals surface area contributed by atoms with Crippen LogP contribution in [0.25, 0.3) is 0 Å². The molecule has 0 aliphatic rings. The Balaban J connectivity index is 2.52. The van der Waals surface area contributed by atoms with Crippen LogP contribution in [0.4, 0.5) is 0 Å². The molecule has 1 aromatic carbocycles. The first kappa shape index (κ1) is 17.5. The van der Waals surface area contributed by atoms with Crippen LogP contribution in [0, 0.1) is 6.92 Å². The molecule has 0 spiro atoms. The summed E-state index contributed by atoms with van der Waals surface area (Å²) in [4.78, 5) is 1.27. The molecular formula is C17H28OSSi. The van der Waals surface area contributed by atoms with Crippen LogP contribution in [0.5, 0.6) is 0 Å². The molecule has 112 valence electrons. The van der Waals surface area contributed by atoms with Gasteiger partial charge in [-0.25, -0.2) is 0 Å². The molecule has 0 amide bonds. The molecule has 0 unspecified atom stereocenters. The maximum Gasteiger partial charge on any atom is 0.192 e. The van der Waals surface area contributed by atoms with E-state index in [0.29, 0.717) is 0 Å². The summed E-state index contributed by atoms with van der Waals surface area (Å²) in [6, 6.07) is 8.60. The molecule has 0 bridgehead atoms. The standard InChI is InChI=1S/C17H28OSSi/c1-14-8-10-16(11-9-14)19-13-12-15(2)18-20(6,7)17(3,4)5/h8-13,15H,1-7H3/t15-/m1/s1. The van der Waals surface area contributed by atoms with Gasteiger partial charge in [0.15, 0.2) is 8.32 Å².